The number of nitrogens with two attached hydrogens (primary N) is 1. The maximum atomic E-state index is 12.0. The average molecular weight is 220 g/mol. The Labute approximate surface area is 94.7 Å². The molecule has 1 fully saturated rings. The molecule has 2 rings (SSSR count). The van der Waals surface area contributed by atoms with Crippen LogP contribution in [0.5, 0.6) is 5.75 Å². The van der Waals surface area contributed by atoms with Gasteiger partial charge in [0.25, 0.3) is 5.91 Å². The largest absolute Gasteiger partial charge is 0.508 e. The molecule has 1 saturated heterocycles. The highest BCUT2D eigenvalue weighted by Gasteiger charge is 2.21. The number of hydrogen-bond acceptors (Lipinski definition) is 3. The van der Waals surface area contributed by atoms with Crippen LogP contribution in [-0.4, -0.2) is 35.0 Å². The van der Waals surface area contributed by atoms with Crippen LogP contribution in [-0.2, 0) is 0 Å². The Morgan fingerprint density at radius 1 is 1.38 bits per heavy atom. The van der Waals surface area contributed by atoms with E-state index in [0.717, 1.165) is 19.4 Å². The molecular weight excluding hydrogens is 204 g/mol. The van der Waals surface area contributed by atoms with Gasteiger partial charge in [0.15, 0.2) is 0 Å². The van der Waals surface area contributed by atoms with Crippen LogP contribution in [0.15, 0.2) is 24.3 Å². The lowest BCUT2D eigenvalue weighted by atomic mass is 10.1. The molecule has 1 atom stereocenters. The summed E-state index contributed by atoms with van der Waals surface area (Å²) >= 11 is 0. The van der Waals surface area contributed by atoms with E-state index >= 15 is 0 Å². The fourth-order valence-electron chi connectivity index (χ4n) is 1.98. The van der Waals surface area contributed by atoms with Crippen molar-refractivity contribution in [3.05, 3.63) is 29.8 Å². The topological polar surface area (TPSA) is 66.6 Å². The molecule has 0 bridgehead atoms. The SMILES string of the molecule is N[C@@H]1CCCN(C(=O)c2ccc(O)cc2)C1. The minimum atomic E-state index is -0.00449. The van der Waals surface area contributed by atoms with Gasteiger partial charge in [-0.3, -0.25) is 4.79 Å². The summed E-state index contributed by atoms with van der Waals surface area (Å²) in [4.78, 5) is 13.8. The van der Waals surface area contributed by atoms with Gasteiger partial charge in [0, 0.05) is 24.7 Å². The Hall–Kier alpha value is -1.55. The van der Waals surface area contributed by atoms with Crippen LogP contribution in [0.3, 0.4) is 0 Å². The lowest BCUT2D eigenvalue weighted by Gasteiger charge is -2.30. The number of benzene rings is 1. The van der Waals surface area contributed by atoms with Crippen molar-refractivity contribution in [3.8, 4) is 5.75 Å². The second kappa shape index (κ2) is 4.53. The molecule has 4 heteroatoms. The van der Waals surface area contributed by atoms with E-state index in [1.165, 1.54) is 12.1 Å². The van der Waals surface area contributed by atoms with Gasteiger partial charge in [-0.1, -0.05) is 0 Å². The van der Waals surface area contributed by atoms with Crippen molar-refractivity contribution in [2.75, 3.05) is 13.1 Å². The van der Waals surface area contributed by atoms with Gasteiger partial charge in [-0.15, -0.1) is 0 Å². The zero-order chi connectivity index (χ0) is 11.5. The van der Waals surface area contributed by atoms with E-state index in [1.807, 2.05) is 0 Å². The Kier molecular flexibility index (Phi) is 3.10. The first-order valence-corrected chi connectivity index (χ1v) is 5.50. The monoisotopic (exact) mass is 220 g/mol. The summed E-state index contributed by atoms with van der Waals surface area (Å²) < 4.78 is 0. The molecule has 1 heterocycles. The first kappa shape index (κ1) is 11.0. The van der Waals surface area contributed by atoms with Gasteiger partial charge < -0.3 is 15.7 Å². The van der Waals surface area contributed by atoms with Crippen molar-refractivity contribution < 1.29 is 9.90 Å². The number of hydrogen-bond donors (Lipinski definition) is 2. The summed E-state index contributed by atoms with van der Waals surface area (Å²) in [5.74, 6) is 0.169. The molecule has 86 valence electrons. The number of carbonyl (C=O) groups excluding carboxylic acids is 1. The molecule has 16 heavy (non-hydrogen) atoms. The van der Waals surface area contributed by atoms with Crippen LogP contribution in [0, 0.1) is 0 Å². The van der Waals surface area contributed by atoms with Crippen LogP contribution >= 0.6 is 0 Å². The highest BCUT2D eigenvalue weighted by Crippen LogP contribution is 2.15. The van der Waals surface area contributed by atoms with Gasteiger partial charge in [0.05, 0.1) is 0 Å². The van der Waals surface area contributed by atoms with Gasteiger partial charge in [0.2, 0.25) is 0 Å². The standard InChI is InChI=1S/C12H16N2O2/c13-10-2-1-7-14(8-10)12(16)9-3-5-11(15)6-4-9/h3-6,10,15H,1-2,7-8,13H2/t10-/m1/s1. The molecule has 4 nitrogen and oxygen atoms in total. The third kappa shape index (κ3) is 2.33. The summed E-state index contributed by atoms with van der Waals surface area (Å²) in [7, 11) is 0. The highest BCUT2D eigenvalue weighted by molar-refractivity contribution is 5.94. The van der Waals surface area contributed by atoms with Crippen LogP contribution in [0.4, 0.5) is 0 Å². The zero-order valence-corrected chi connectivity index (χ0v) is 9.10. The molecule has 1 aliphatic heterocycles. The Morgan fingerprint density at radius 3 is 2.69 bits per heavy atom. The summed E-state index contributed by atoms with van der Waals surface area (Å²) in [6.07, 6.45) is 1.95. The van der Waals surface area contributed by atoms with Crippen molar-refractivity contribution in [2.45, 2.75) is 18.9 Å². The number of phenols is 1. The van der Waals surface area contributed by atoms with Crippen LogP contribution in [0.1, 0.15) is 23.2 Å². The van der Waals surface area contributed by atoms with Crippen molar-refractivity contribution in [1.82, 2.24) is 4.90 Å². The van der Waals surface area contributed by atoms with Crippen LogP contribution < -0.4 is 5.73 Å². The molecule has 1 aliphatic rings. The molecule has 1 amide bonds. The average Bonchev–Trinajstić information content (AvgIpc) is 2.29. The normalized spacial score (nSPS) is 20.8. The lowest BCUT2D eigenvalue weighted by Crippen LogP contribution is -2.45. The fourth-order valence-corrected chi connectivity index (χ4v) is 1.98. The first-order chi connectivity index (χ1) is 7.66. The number of phenolic OH excluding ortho intramolecular Hbond substituents is 1. The third-order valence-corrected chi connectivity index (χ3v) is 2.86. The summed E-state index contributed by atoms with van der Waals surface area (Å²) in [5.41, 5.74) is 6.43. The van der Waals surface area contributed by atoms with Gasteiger partial charge in [-0.05, 0) is 37.1 Å². The number of rotatable bonds is 1. The maximum Gasteiger partial charge on any atom is 0.253 e. The van der Waals surface area contributed by atoms with E-state index in [0.29, 0.717) is 12.1 Å². The van der Waals surface area contributed by atoms with E-state index < -0.39 is 0 Å². The van der Waals surface area contributed by atoms with Crippen molar-refractivity contribution in [1.29, 1.82) is 0 Å². The van der Waals surface area contributed by atoms with E-state index in [-0.39, 0.29) is 17.7 Å². The molecule has 0 radical (unpaired) electrons. The number of piperidine rings is 1. The number of likely N-dealkylation sites (tertiary alicyclic amines) is 1. The smallest absolute Gasteiger partial charge is 0.253 e. The van der Waals surface area contributed by atoms with Crippen molar-refractivity contribution >= 4 is 5.91 Å². The van der Waals surface area contributed by atoms with E-state index in [1.54, 1.807) is 17.0 Å². The predicted octanol–water partition coefficient (Wildman–Crippen LogP) is 0.955. The van der Waals surface area contributed by atoms with E-state index in [9.17, 15) is 4.79 Å². The Bertz CT molecular complexity index is 375. The number of carbonyl (C=O) groups is 1. The quantitative estimate of drug-likeness (QED) is 0.740. The maximum absolute atomic E-state index is 12.0. The molecule has 0 spiro atoms. The highest BCUT2D eigenvalue weighted by atomic mass is 16.3. The summed E-state index contributed by atoms with van der Waals surface area (Å²) in [5, 5.41) is 9.15. The predicted molar refractivity (Wildman–Crippen MR) is 61.2 cm³/mol. The molecule has 1 aromatic rings. The number of nitrogens with zero attached hydrogens (tertiary/aromatic N) is 1. The minimum absolute atomic E-state index is 0.00449. The molecule has 0 saturated carbocycles. The van der Waals surface area contributed by atoms with E-state index in [4.69, 9.17) is 10.8 Å². The van der Waals surface area contributed by atoms with Crippen molar-refractivity contribution in [2.24, 2.45) is 5.73 Å². The third-order valence-electron chi connectivity index (χ3n) is 2.86. The molecule has 0 aromatic heterocycles. The second-order valence-electron chi connectivity index (χ2n) is 4.20. The van der Waals surface area contributed by atoms with Gasteiger partial charge in [-0.2, -0.15) is 0 Å². The van der Waals surface area contributed by atoms with Crippen LogP contribution in [0.2, 0.25) is 0 Å². The van der Waals surface area contributed by atoms with E-state index in [2.05, 4.69) is 0 Å². The summed E-state index contributed by atoms with van der Waals surface area (Å²) in [6, 6.07) is 6.42. The molecule has 3 N–H and O–H groups in total. The Morgan fingerprint density at radius 2 is 2.06 bits per heavy atom. The Balaban J connectivity index is 2.09. The van der Waals surface area contributed by atoms with Crippen molar-refractivity contribution in [3.63, 3.8) is 0 Å². The molecular formula is C12H16N2O2. The van der Waals surface area contributed by atoms with Gasteiger partial charge in [-0.25, -0.2) is 0 Å². The molecule has 1 aromatic carbocycles. The second-order valence-corrected chi connectivity index (χ2v) is 4.20. The van der Waals surface area contributed by atoms with Gasteiger partial charge >= 0.3 is 0 Å². The molecule has 0 unspecified atom stereocenters. The minimum Gasteiger partial charge on any atom is -0.508 e. The first-order valence-electron chi connectivity index (χ1n) is 5.50. The zero-order valence-electron chi connectivity index (χ0n) is 9.10. The fraction of sp³-hybridized carbons (Fsp3) is 0.417. The van der Waals surface area contributed by atoms with Gasteiger partial charge in [0.1, 0.15) is 5.75 Å². The van der Waals surface area contributed by atoms with Crippen LogP contribution in [0.25, 0.3) is 0 Å². The summed E-state index contributed by atoms with van der Waals surface area (Å²) in [6.45, 7) is 1.40. The molecule has 0 aliphatic carbocycles. The lowest BCUT2D eigenvalue weighted by molar-refractivity contribution is 0.0709. The number of amides is 1. The number of aromatic hydroxyl groups is 1.